The van der Waals surface area contributed by atoms with E-state index in [1.165, 1.54) is 0 Å². The Labute approximate surface area is 123 Å². The molecule has 0 unspecified atom stereocenters. The molecule has 0 saturated heterocycles. The number of anilines is 1. The first kappa shape index (κ1) is 14.5. The van der Waals surface area contributed by atoms with Crippen LogP contribution in [-0.4, -0.2) is 17.8 Å². The van der Waals surface area contributed by atoms with Crippen LogP contribution in [0, 0.1) is 12.8 Å². The third-order valence-electron chi connectivity index (χ3n) is 2.46. The van der Waals surface area contributed by atoms with Gasteiger partial charge >= 0.3 is 0 Å². The normalized spacial score (nSPS) is 11.2. The fourth-order valence-corrected chi connectivity index (χ4v) is 2.12. The molecule has 4 nitrogen and oxygen atoms in total. The largest absolute Gasteiger partial charge is 0.493 e. The van der Waals surface area contributed by atoms with Gasteiger partial charge in [0.25, 0.3) is 0 Å². The molecule has 1 heterocycles. The van der Waals surface area contributed by atoms with Gasteiger partial charge in [-0.1, -0.05) is 13.8 Å². The summed E-state index contributed by atoms with van der Waals surface area (Å²) in [6.07, 6.45) is 1.77. The van der Waals surface area contributed by atoms with Gasteiger partial charge in [0, 0.05) is 5.38 Å². The minimum atomic E-state index is 0.530. The summed E-state index contributed by atoms with van der Waals surface area (Å²) in [5, 5.41) is 6.95. The van der Waals surface area contributed by atoms with E-state index < -0.39 is 0 Å². The summed E-state index contributed by atoms with van der Waals surface area (Å²) in [6.45, 7) is 6.96. The number of thiazole rings is 1. The number of hydrogen-bond donors (Lipinski definition) is 1. The van der Waals surface area contributed by atoms with E-state index in [2.05, 4.69) is 29.4 Å². The average Bonchev–Trinajstić information content (AvgIpc) is 2.83. The summed E-state index contributed by atoms with van der Waals surface area (Å²) in [7, 11) is 0. The first-order valence-electron chi connectivity index (χ1n) is 6.57. The van der Waals surface area contributed by atoms with Crippen molar-refractivity contribution in [3.63, 3.8) is 0 Å². The molecule has 2 aromatic rings. The van der Waals surface area contributed by atoms with Gasteiger partial charge in [-0.05, 0) is 42.7 Å². The molecule has 0 spiro atoms. The molecule has 20 heavy (non-hydrogen) atoms. The molecule has 5 heteroatoms. The highest BCUT2D eigenvalue weighted by Crippen LogP contribution is 2.15. The van der Waals surface area contributed by atoms with Crippen molar-refractivity contribution in [2.75, 3.05) is 12.0 Å². The van der Waals surface area contributed by atoms with E-state index in [1.807, 2.05) is 36.6 Å². The van der Waals surface area contributed by atoms with Crippen molar-refractivity contribution >= 4 is 22.7 Å². The summed E-state index contributed by atoms with van der Waals surface area (Å²) in [4.78, 5) is 4.27. The standard InChI is InChI=1S/C15H19N3OS/c1-11(2)9-19-14-6-4-13(5-7-14)8-16-18-15-17-12(3)10-20-15/h4-8,10-11H,9H2,1-3H3,(H,17,18)/b16-8+. The van der Waals surface area contributed by atoms with Crippen molar-refractivity contribution in [2.24, 2.45) is 11.0 Å². The lowest BCUT2D eigenvalue weighted by atomic mass is 10.2. The first-order chi connectivity index (χ1) is 9.63. The van der Waals surface area contributed by atoms with Gasteiger partial charge in [-0.25, -0.2) is 4.98 Å². The van der Waals surface area contributed by atoms with Gasteiger partial charge in [-0.2, -0.15) is 5.10 Å². The number of rotatable bonds is 6. The van der Waals surface area contributed by atoms with Gasteiger partial charge in [0.2, 0.25) is 5.13 Å². The van der Waals surface area contributed by atoms with E-state index in [1.54, 1.807) is 17.6 Å². The molecule has 1 N–H and O–H groups in total. The molecular formula is C15H19N3OS. The minimum Gasteiger partial charge on any atom is -0.493 e. The molecule has 2 rings (SSSR count). The molecular weight excluding hydrogens is 270 g/mol. The molecule has 0 aliphatic carbocycles. The zero-order valence-electron chi connectivity index (χ0n) is 12.0. The molecule has 1 aromatic carbocycles. The van der Waals surface area contributed by atoms with Crippen molar-refractivity contribution in [3.8, 4) is 5.75 Å². The second kappa shape index (κ2) is 7.05. The topological polar surface area (TPSA) is 46.5 Å². The lowest BCUT2D eigenvalue weighted by Gasteiger charge is -2.08. The Bertz CT molecular complexity index is 561. The van der Waals surface area contributed by atoms with E-state index in [0.29, 0.717) is 5.92 Å². The summed E-state index contributed by atoms with van der Waals surface area (Å²) in [5.74, 6) is 1.42. The van der Waals surface area contributed by atoms with Crippen LogP contribution in [0.5, 0.6) is 5.75 Å². The fraction of sp³-hybridized carbons (Fsp3) is 0.333. The molecule has 0 aliphatic rings. The summed E-state index contributed by atoms with van der Waals surface area (Å²) in [5.41, 5.74) is 4.93. The third-order valence-corrected chi connectivity index (χ3v) is 3.32. The van der Waals surface area contributed by atoms with Crippen molar-refractivity contribution in [1.29, 1.82) is 0 Å². The average molecular weight is 289 g/mol. The van der Waals surface area contributed by atoms with Crippen LogP contribution in [0.1, 0.15) is 25.1 Å². The Balaban J connectivity index is 1.86. The highest BCUT2D eigenvalue weighted by molar-refractivity contribution is 7.13. The molecule has 0 atom stereocenters. The van der Waals surface area contributed by atoms with Crippen molar-refractivity contribution in [1.82, 2.24) is 4.98 Å². The number of hydrogen-bond acceptors (Lipinski definition) is 5. The van der Waals surface area contributed by atoms with Crippen LogP contribution in [0.25, 0.3) is 0 Å². The molecule has 0 radical (unpaired) electrons. The van der Waals surface area contributed by atoms with Gasteiger partial charge in [-0.15, -0.1) is 11.3 Å². The van der Waals surface area contributed by atoms with Crippen LogP contribution < -0.4 is 10.2 Å². The van der Waals surface area contributed by atoms with Crippen molar-refractivity contribution < 1.29 is 4.74 Å². The zero-order valence-corrected chi connectivity index (χ0v) is 12.8. The highest BCUT2D eigenvalue weighted by Gasteiger charge is 1.97. The fourth-order valence-electron chi connectivity index (χ4n) is 1.48. The maximum absolute atomic E-state index is 5.63. The van der Waals surface area contributed by atoms with Crippen LogP contribution in [0.3, 0.4) is 0 Å². The number of ether oxygens (including phenoxy) is 1. The predicted molar refractivity (Wildman–Crippen MR) is 84.8 cm³/mol. The minimum absolute atomic E-state index is 0.530. The van der Waals surface area contributed by atoms with E-state index in [0.717, 1.165) is 28.7 Å². The second-order valence-electron chi connectivity index (χ2n) is 4.94. The molecule has 0 aliphatic heterocycles. The van der Waals surface area contributed by atoms with E-state index >= 15 is 0 Å². The first-order valence-corrected chi connectivity index (χ1v) is 7.45. The van der Waals surface area contributed by atoms with Crippen LogP contribution in [0.15, 0.2) is 34.7 Å². The Hall–Kier alpha value is -1.88. The summed E-state index contributed by atoms with van der Waals surface area (Å²) < 4.78 is 5.63. The van der Waals surface area contributed by atoms with Gasteiger partial charge < -0.3 is 4.74 Å². The van der Waals surface area contributed by atoms with Crippen molar-refractivity contribution in [3.05, 3.63) is 40.9 Å². The molecule has 0 amide bonds. The maximum atomic E-state index is 5.63. The second-order valence-corrected chi connectivity index (χ2v) is 5.80. The monoisotopic (exact) mass is 289 g/mol. The SMILES string of the molecule is Cc1csc(N/N=C/c2ccc(OCC(C)C)cc2)n1. The number of aryl methyl sites for hydroxylation is 1. The smallest absolute Gasteiger partial charge is 0.203 e. The van der Waals surface area contributed by atoms with Crippen LogP contribution >= 0.6 is 11.3 Å². The number of nitrogens with zero attached hydrogens (tertiary/aromatic N) is 2. The predicted octanol–water partition coefficient (Wildman–Crippen LogP) is 3.93. The Morgan fingerprint density at radius 2 is 2.10 bits per heavy atom. The maximum Gasteiger partial charge on any atom is 0.203 e. The summed E-state index contributed by atoms with van der Waals surface area (Å²) >= 11 is 1.54. The molecule has 0 saturated carbocycles. The van der Waals surface area contributed by atoms with Crippen LogP contribution in [0.4, 0.5) is 5.13 Å². The Morgan fingerprint density at radius 1 is 1.35 bits per heavy atom. The molecule has 0 fully saturated rings. The van der Waals surface area contributed by atoms with Gasteiger partial charge in [0.05, 0.1) is 18.5 Å². The van der Waals surface area contributed by atoms with Gasteiger partial charge in [-0.3, -0.25) is 5.43 Å². The van der Waals surface area contributed by atoms with Crippen LogP contribution in [-0.2, 0) is 0 Å². The van der Waals surface area contributed by atoms with E-state index in [-0.39, 0.29) is 0 Å². The molecule has 106 valence electrons. The zero-order chi connectivity index (χ0) is 14.4. The van der Waals surface area contributed by atoms with Gasteiger partial charge in [0.1, 0.15) is 5.75 Å². The highest BCUT2D eigenvalue weighted by atomic mass is 32.1. The van der Waals surface area contributed by atoms with E-state index in [9.17, 15) is 0 Å². The van der Waals surface area contributed by atoms with E-state index in [4.69, 9.17) is 4.74 Å². The molecule has 1 aromatic heterocycles. The Kier molecular flexibility index (Phi) is 5.12. The van der Waals surface area contributed by atoms with Crippen molar-refractivity contribution in [2.45, 2.75) is 20.8 Å². The summed E-state index contributed by atoms with van der Waals surface area (Å²) in [6, 6.07) is 7.87. The molecule has 0 bridgehead atoms. The van der Waals surface area contributed by atoms with Crippen LogP contribution in [0.2, 0.25) is 0 Å². The number of benzene rings is 1. The Morgan fingerprint density at radius 3 is 2.70 bits per heavy atom. The van der Waals surface area contributed by atoms with Gasteiger partial charge in [0.15, 0.2) is 0 Å². The quantitative estimate of drug-likeness (QED) is 0.647. The lowest BCUT2D eigenvalue weighted by Crippen LogP contribution is -2.04. The lowest BCUT2D eigenvalue weighted by molar-refractivity contribution is 0.271. The number of nitrogens with one attached hydrogen (secondary N) is 1. The third kappa shape index (κ3) is 4.66. The number of hydrazone groups is 1. The number of aromatic nitrogens is 1.